The molecule has 0 N–H and O–H groups in total. The number of carbonyl (C=O) groups is 1. The number of benzene rings is 1. The zero-order chi connectivity index (χ0) is 14.0. The van der Waals surface area contributed by atoms with E-state index >= 15 is 0 Å². The molecule has 100 valence electrons. The molecular weight excluding hydrogens is 238 g/mol. The predicted octanol–water partition coefficient (Wildman–Crippen LogP) is 3.32. The summed E-state index contributed by atoms with van der Waals surface area (Å²) < 4.78 is 6.03. The largest absolute Gasteiger partial charge is 0.483 e. The second-order valence-corrected chi connectivity index (χ2v) is 5.13. The van der Waals surface area contributed by atoms with Crippen LogP contribution in [0.1, 0.15) is 20.3 Å². The third-order valence-corrected chi connectivity index (χ3v) is 3.41. The summed E-state index contributed by atoms with van der Waals surface area (Å²) in [6.07, 6.45) is 3.82. The fourth-order valence-electron chi connectivity index (χ4n) is 2.49. The number of amides is 1. The van der Waals surface area contributed by atoms with Gasteiger partial charge >= 0.3 is 0 Å². The molecule has 0 fully saturated rings. The van der Waals surface area contributed by atoms with Crippen molar-refractivity contribution >= 4 is 11.6 Å². The Morgan fingerprint density at radius 3 is 2.74 bits per heavy atom. The molecule has 0 spiro atoms. The van der Waals surface area contributed by atoms with Crippen molar-refractivity contribution < 1.29 is 9.53 Å². The Bertz CT molecular complexity index is 519. The minimum atomic E-state index is -0.471. The number of anilines is 1. The number of fused-ring (bicyclic) bond motifs is 1. The van der Waals surface area contributed by atoms with Gasteiger partial charge in [0.1, 0.15) is 11.4 Å². The molecule has 0 aliphatic carbocycles. The lowest BCUT2D eigenvalue weighted by Crippen LogP contribution is -2.57. The Balaban J connectivity index is 2.57. The third-order valence-electron chi connectivity index (χ3n) is 3.41. The summed E-state index contributed by atoms with van der Waals surface area (Å²) in [6, 6.07) is 7.48. The van der Waals surface area contributed by atoms with Gasteiger partial charge < -0.3 is 4.74 Å². The van der Waals surface area contributed by atoms with Crippen molar-refractivity contribution in [1.82, 2.24) is 0 Å². The normalized spacial score (nSPS) is 20.1. The molecule has 3 heteroatoms. The highest BCUT2D eigenvalue weighted by Gasteiger charge is 2.42. The molecule has 0 saturated heterocycles. The van der Waals surface area contributed by atoms with Crippen LogP contribution in [0.2, 0.25) is 0 Å². The predicted molar refractivity (Wildman–Crippen MR) is 77.4 cm³/mol. The van der Waals surface area contributed by atoms with Crippen LogP contribution in [-0.2, 0) is 4.79 Å². The van der Waals surface area contributed by atoms with E-state index in [-0.39, 0.29) is 11.9 Å². The summed E-state index contributed by atoms with van der Waals surface area (Å²) in [5.74, 6) is 0.610. The van der Waals surface area contributed by atoms with Crippen LogP contribution in [0.15, 0.2) is 49.6 Å². The molecule has 19 heavy (non-hydrogen) atoms. The summed E-state index contributed by atoms with van der Waals surface area (Å²) >= 11 is 0. The molecule has 0 bridgehead atoms. The second kappa shape index (κ2) is 4.92. The van der Waals surface area contributed by atoms with Crippen molar-refractivity contribution in [2.45, 2.75) is 31.9 Å². The van der Waals surface area contributed by atoms with Crippen LogP contribution >= 0.6 is 0 Å². The Labute approximate surface area is 114 Å². The van der Waals surface area contributed by atoms with Crippen molar-refractivity contribution in [3.05, 3.63) is 49.6 Å². The lowest BCUT2D eigenvalue weighted by molar-refractivity contribution is -0.116. The van der Waals surface area contributed by atoms with Crippen LogP contribution in [0.5, 0.6) is 5.75 Å². The first kappa shape index (κ1) is 13.4. The molecule has 0 saturated carbocycles. The molecule has 1 aliphatic rings. The van der Waals surface area contributed by atoms with Crippen LogP contribution < -0.4 is 9.64 Å². The molecule has 1 atom stereocenters. The minimum Gasteiger partial charge on any atom is -0.483 e. The molecule has 2 rings (SSSR count). The van der Waals surface area contributed by atoms with E-state index in [1.807, 2.05) is 44.2 Å². The maximum absolute atomic E-state index is 12.2. The van der Waals surface area contributed by atoms with Crippen LogP contribution in [0.4, 0.5) is 5.69 Å². The standard InChI is InChI=1S/C16H19NO2/c1-5-9-14-16(3,4)19-13-11-8-7-10-12(13)17(14)15(18)6-2/h5-8,10-11,14H,1-2,9H2,3-4H3. The molecule has 1 aromatic carbocycles. The fraction of sp³-hybridized carbons (Fsp3) is 0.312. The first-order valence-corrected chi connectivity index (χ1v) is 6.36. The minimum absolute atomic E-state index is 0.0922. The van der Waals surface area contributed by atoms with Crippen LogP contribution in [0.3, 0.4) is 0 Å². The van der Waals surface area contributed by atoms with Crippen molar-refractivity contribution in [2.24, 2.45) is 0 Å². The maximum atomic E-state index is 12.2. The topological polar surface area (TPSA) is 29.5 Å². The fourth-order valence-corrected chi connectivity index (χ4v) is 2.49. The molecule has 3 nitrogen and oxygen atoms in total. The molecule has 1 unspecified atom stereocenters. The smallest absolute Gasteiger partial charge is 0.250 e. The van der Waals surface area contributed by atoms with Crippen molar-refractivity contribution in [2.75, 3.05) is 4.90 Å². The lowest BCUT2D eigenvalue weighted by atomic mass is 9.91. The SMILES string of the molecule is C=CCC1N(C(=O)C=C)c2ccccc2OC1(C)C. The Morgan fingerprint density at radius 1 is 1.42 bits per heavy atom. The average Bonchev–Trinajstić information content (AvgIpc) is 2.38. The van der Waals surface area contributed by atoms with E-state index in [1.54, 1.807) is 4.90 Å². The Hall–Kier alpha value is -2.03. The third kappa shape index (κ3) is 2.28. The van der Waals surface area contributed by atoms with E-state index in [0.29, 0.717) is 6.42 Å². The zero-order valence-electron chi connectivity index (χ0n) is 11.4. The van der Waals surface area contributed by atoms with E-state index < -0.39 is 5.60 Å². The van der Waals surface area contributed by atoms with Crippen LogP contribution in [0.25, 0.3) is 0 Å². The number of ether oxygens (including phenoxy) is 1. The van der Waals surface area contributed by atoms with Gasteiger partial charge in [0.2, 0.25) is 0 Å². The van der Waals surface area contributed by atoms with Gasteiger partial charge in [0.25, 0.3) is 5.91 Å². The summed E-state index contributed by atoms with van der Waals surface area (Å²) in [5.41, 5.74) is 0.319. The van der Waals surface area contributed by atoms with Gasteiger partial charge in [-0.25, -0.2) is 0 Å². The molecular formula is C16H19NO2. The molecule has 1 heterocycles. The lowest BCUT2D eigenvalue weighted by Gasteiger charge is -2.46. The summed E-state index contributed by atoms with van der Waals surface area (Å²) in [5, 5.41) is 0. The number of nitrogens with zero attached hydrogens (tertiary/aromatic N) is 1. The van der Waals surface area contributed by atoms with Gasteiger partial charge in [-0.2, -0.15) is 0 Å². The summed E-state index contributed by atoms with van der Waals surface area (Å²) in [7, 11) is 0. The number of carbonyl (C=O) groups excluding carboxylic acids is 1. The number of hydrogen-bond acceptors (Lipinski definition) is 2. The van der Waals surface area contributed by atoms with Crippen molar-refractivity contribution in [3.8, 4) is 5.75 Å². The van der Waals surface area contributed by atoms with Gasteiger partial charge in [-0.15, -0.1) is 6.58 Å². The molecule has 0 aromatic heterocycles. The number of rotatable bonds is 3. The van der Waals surface area contributed by atoms with Gasteiger partial charge in [0.05, 0.1) is 11.7 Å². The van der Waals surface area contributed by atoms with Crippen molar-refractivity contribution in [3.63, 3.8) is 0 Å². The highest BCUT2D eigenvalue weighted by Crippen LogP contribution is 2.41. The number of hydrogen-bond donors (Lipinski definition) is 0. The quantitative estimate of drug-likeness (QED) is 0.614. The second-order valence-electron chi connectivity index (χ2n) is 5.13. The average molecular weight is 257 g/mol. The summed E-state index contributed by atoms with van der Waals surface area (Å²) in [4.78, 5) is 14.0. The van der Waals surface area contributed by atoms with E-state index in [0.717, 1.165) is 11.4 Å². The first-order valence-electron chi connectivity index (χ1n) is 6.36. The van der Waals surface area contributed by atoms with Crippen molar-refractivity contribution in [1.29, 1.82) is 0 Å². The zero-order valence-corrected chi connectivity index (χ0v) is 11.4. The van der Waals surface area contributed by atoms with Gasteiger partial charge in [-0.05, 0) is 38.5 Å². The van der Waals surface area contributed by atoms with Crippen LogP contribution in [0, 0.1) is 0 Å². The van der Waals surface area contributed by atoms with Crippen LogP contribution in [-0.4, -0.2) is 17.6 Å². The Morgan fingerprint density at radius 2 is 2.11 bits per heavy atom. The Kier molecular flexibility index (Phi) is 3.47. The highest BCUT2D eigenvalue weighted by atomic mass is 16.5. The summed E-state index contributed by atoms with van der Waals surface area (Å²) in [6.45, 7) is 11.3. The molecule has 0 radical (unpaired) electrons. The molecule has 1 amide bonds. The first-order chi connectivity index (χ1) is 9.01. The van der Waals surface area contributed by atoms with E-state index in [2.05, 4.69) is 13.2 Å². The highest BCUT2D eigenvalue weighted by molar-refractivity contribution is 6.03. The van der Waals surface area contributed by atoms with E-state index in [1.165, 1.54) is 6.08 Å². The van der Waals surface area contributed by atoms with E-state index in [4.69, 9.17) is 4.74 Å². The van der Waals surface area contributed by atoms with Gasteiger partial charge in [-0.1, -0.05) is 24.8 Å². The number of para-hydroxylation sites is 2. The maximum Gasteiger partial charge on any atom is 0.250 e. The van der Waals surface area contributed by atoms with Gasteiger partial charge in [-0.3, -0.25) is 9.69 Å². The molecule has 1 aromatic rings. The van der Waals surface area contributed by atoms with Gasteiger partial charge in [0.15, 0.2) is 0 Å². The molecule has 1 aliphatic heterocycles. The monoisotopic (exact) mass is 257 g/mol. The van der Waals surface area contributed by atoms with E-state index in [9.17, 15) is 4.79 Å². The van der Waals surface area contributed by atoms with Gasteiger partial charge in [0, 0.05) is 0 Å².